The number of hydrogen-bond acceptors (Lipinski definition) is 3. The van der Waals surface area contributed by atoms with Crippen LogP contribution in [-0.4, -0.2) is 9.55 Å². The molecule has 0 aliphatic carbocycles. The van der Waals surface area contributed by atoms with E-state index in [1.165, 1.54) is 23.5 Å². The average molecular weight is 389 g/mol. The summed E-state index contributed by atoms with van der Waals surface area (Å²) in [5, 5.41) is 1.68. The Hall–Kier alpha value is -2.19. The van der Waals surface area contributed by atoms with Crippen LogP contribution in [0.4, 0.5) is 17.6 Å². The number of rotatable bonds is 3. The lowest BCUT2D eigenvalue weighted by molar-refractivity contribution is -0.138. The third-order valence-electron chi connectivity index (χ3n) is 3.34. The molecule has 0 spiro atoms. The third kappa shape index (κ3) is 3.91. The number of alkyl halides is 3. The monoisotopic (exact) mass is 388 g/mol. The summed E-state index contributed by atoms with van der Waals surface area (Å²) in [6.07, 6.45) is -3.90. The van der Waals surface area contributed by atoms with E-state index in [1.54, 1.807) is 17.5 Å². The van der Waals surface area contributed by atoms with Gasteiger partial charge in [-0.25, -0.2) is 9.37 Å². The highest BCUT2D eigenvalue weighted by molar-refractivity contribution is 7.13. The first kappa shape index (κ1) is 17.6. The quantitative estimate of drug-likeness (QED) is 0.602. The molecule has 3 rings (SSSR count). The summed E-state index contributed by atoms with van der Waals surface area (Å²) >= 11 is 6.86. The molecular formula is C16H9ClF4N2OS. The molecule has 0 N–H and O–H groups in total. The molecule has 9 heteroatoms. The number of halogens is 5. The minimum absolute atomic E-state index is 0.153. The molecule has 130 valence electrons. The first-order chi connectivity index (χ1) is 11.7. The maximum atomic E-state index is 13.0. The highest BCUT2D eigenvalue weighted by atomic mass is 35.5. The Morgan fingerprint density at radius 1 is 1.20 bits per heavy atom. The Morgan fingerprint density at radius 3 is 2.52 bits per heavy atom. The van der Waals surface area contributed by atoms with Crippen LogP contribution >= 0.6 is 22.9 Å². The minimum atomic E-state index is -4.61. The average Bonchev–Trinajstić information content (AvgIpc) is 3.00. The summed E-state index contributed by atoms with van der Waals surface area (Å²) in [4.78, 5) is 16.2. The van der Waals surface area contributed by atoms with E-state index in [-0.39, 0.29) is 12.4 Å². The van der Waals surface area contributed by atoms with Crippen LogP contribution in [0.2, 0.25) is 5.02 Å². The predicted molar refractivity (Wildman–Crippen MR) is 87.3 cm³/mol. The van der Waals surface area contributed by atoms with Crippen LogP contribution in [0.1, 0.15) is 11.3 Å². The van der Waals surface area contributed by atoms with Crippen molar-refractivity contribution in [3.63, 3.8) is 0 Å². The van der Waals surface area contributed by atoms with Crippen LogP contribution in [0.25, 0.3) is 10.6 Å². The van der Waals surface area contributed by atoms with Crippen molar-refractivity contribution >= 4 is 22.9 Å². The van der Waals surface area contributed by atoms with Gasteiger partial charge in [0.1, 0.15) is 15.8 Å². The van der Waals surface area contributed by atoms with E-state index in [9.17, 15) is 22.4 Å². The maximum Gasteiger partial charge on any atom is 0.417 e. The molecule has 0 atom stereocenters. The van der Waals surface area contributed by atoms with Gasteiger partial charge in [-0.2, -0.15) is 13.2 Å². The van der Waals surface area contributed by atoms with Crippen molar-refractivity contribution < 1.29 is 17.6 Å². The fraction of sp³-hybridized carbons (Fsp3) is 0.125. The molecule has 3 nitrogen and oxygen atoms in total. The normalized spacial score (nSPS) is 11.7. The van der Waals surface area contributed by atoms with E-state index in [0.29, 0.717) is 28.5 Å². The number of hydrogen-bond donors (Lipinski definition) is 0. The molecule has 0 aliphatic heterocycles. The SMILES string of the molecule is O=c1c(Cl)cc(C(F)(F)F)cn1Cc1csc(-c2ccc(F)cc2)n1. The lowest BCUT2D eigenvalue weighted by atomic mass is 10.2. The van der Waals surface area contributed by atoms with Crippen molar-refractivity contribution in [3.05, 3.63) is 74.4 Å². The molecule has 0 amide bonds. The lowest BCUT2D eigenvalue weighted by Gasteiger charge is -2.10. The van der Waals surface area contributed by atoms with E-state index in [2.05, 4.69) is 4.98 Å². The third-order valence-corrected chi connectivity index (χ3v) is 4.56. The van der Waals surface area contributed by atoms with Gasteiger partial charge in [0.2, 0.25) is 0 Å². The summed E-state index contributed by atoms with van der Waals surface area (Å²) < 4.78 is 52.4. The maximum absolute atomic E-state index is 13.0. The van der Waals surface area contributed by atoms with Crippen LogP contribution in [-0.2, 0) is 12.7 Å². The van der Waals surface area contributed by atoms with Gasteiger partial charge in [-0.15, -0.1) is 11.3 Å². The summed E-state index contributed by atoms with van der Waals surface area (Å²) in [6, 6.07) is 6.27. The van der Waals surface area contributed by atoms with Gasteiger partial charge in [0, 0.05) is 17.1 Å². The van der Waals surface area contributed by atoms with Crippen LogP contribution in [0, 0.1) is 5.82 Å². The zero-order chi connectivity index (χ0) is 18.2. The summed E-state index contributed by atoms with van der Waals surface area (Å²) in [5.74, 6) is -0.384. The van der Waals surface area contributed by atoms with E-state index in [0.717, 1.165) is 4.57 Å². The molecule has 0 saturated carbocycles. The predicted octanol–water partition coefficient (Wildman–Crippen LogP) is 4.83. The molecule has 2 heterocycles. The minimum Gasteiger partial charge on any atom is -0.308 e. The fourth-order valence-corrected chi connectivity index (χ4v) is 3.19. The van der Waals surface area contributed by atoms with Crippen molar-refractivity contribution in [3.8, 4) is 10.6 Å². The van der Waals surface area contributed by atoms with Gasteiger partial charge in [0.05, 0.1) is 17.8 Å². The van der Waals surface area contributed by atoms with Gasteiger partial charge < -0.3 is 4.57 Å². The Kier molecular flexibility index (Phi) is 4.66. The molecule has 1 aromatic carbocycles. The molecule has 0 unspecified atom stereocenters. The number of nitrogens with zero attached hydrogens (tertiary/aromatic N) is 2. The second-order valence-corrected chi connectivity index (χ2v) is 6.42. The number of aromatic nitrogens is 2. The van der Waals surface area contributed by atoms with Gasteiger partial charge in [0.15, 0.2) is 0 Å². The molecular weight excluding hydrogens is 380 g/mol. The molecule has 3 aromatic rings. The van der Waals surface area contributed by atoms with Crippen LogP contribution in [0.3, 0.4) is 0 Å². The smallest absolute Gasteiger partial charge is 0.308 e. The van der Waals surface area contributed by atoms with Gasteiger partial charge >= 0.3 is 6.18 Å². The van der Waals surface area contributed by atoms with Gasteiger partial charge in [0.25, 0.3) is 5.56 Å². The molecule has 25 heavy (non-hydrogen) atoms. The number of thiazole rings is 1. The summed E-state index contributed by atoms with van der Waals surface area (Å²) in [7, 11) is 0. The van der Waals surface area contributed by atoms with E-state index < -0.39 is 22.3 Å². The van der Waals surface area contributed by atoms with Crippen LogP contribution in [0.5, 0.6) is 0 Å². The molecule has 0 saturated heterocycles. The lowest BCUT2D eigenvalue weighted by Crippen LogP contribution is -2.23. The zero-order valence-corrected chi connectivity index (χ0v) is 13.9. The van der Waals surface area contributed by atoms with Gasteiger partial charge in [-0.05, 0) is 30.3 Å². The molecule has 0 fully saturated rings. The van der Waals surface area contributed by atoms with E-state index in [4.69, 9.17) is 11.6 Å². The highest BCUT2D eigenvalue weighted by Gasteiger charge is 2.32. The van der Waals surface area contributed by atoms with Crippen molar-refractivity contribution in [1.82, 2.24) is 9.55 Å². The van der Waals surface area contributed by atoms with Crippen LogP contribution in [0.15, 0.2) is 46.7 Å². The van der Waals surface area contributed by atoms with Crippen molar-refractivity contribution in [2.24, 2.45) is 0 Å². The molecule has 0 aliphatic rings. The number of benzene rings is 1. The van der Waals surface area contributed by atoms with Gasteiger partial charge in [-0.3, -0.25) is 4.79 Å². The zero-order valence-electron chi connectivity index (χ0n) is 12.3. The van der Waals surface area contributed by atoms with Crippen LogP contribution < -0.4 is 5.56 Å². The molecule has 2 aromatic heterocycles. The van der Waals surface area contributed by atoms with Gasteiger partial charge in [-0.1, -0.05) is 11.6 Å². The Morgan fingerprint density at radius 2 is 1.88 bits per heavy atom. The molecule has 0 radical (unpaired) electrons. The van der Waals surface area contributed by atoms with Crippen molar-refractivity contribution in [2.45, 2.75) is 12.7 Å². The largest absolute Gasteiger partial charge is 0.417 e. The Labute approximate surface area is 148 Å². The first-order valence-electron chi connectivity index (χ1n) is 6.91. The Balaban J connectivity index is 1.92. The standard InChI is InChI=1S/C16H9ClF4N2OS/c17-13-5-10(16(19,20)21)6-23(15(13)24)7-12-8-25-14(22-12)9-1-3-11(18)4-2-9/h1-6,8H,7H2. The van der Waals surface area contributed by atoms with Crippen molar-refractivity contribution in [1.29, 1.82) is 0 Å². The summed E-state index contributed by atoms with van der Waals surface area (Å²) in [5.41, 5.74) is -0.661. The first-order valence-corrected chi connectivity index (χ1v) is 8.17. The number of pyridine rings is 1. The van der Waals surface area contributed by atoms with E-state index in [1.807, 2.05) is 0 Å². The molecule has 0 bridgehead atoms. The second-order valence-electron chi connectivity index (χ2n) is 5.16. The topological polar surface area (TPSA) is 34.9 Å². The Bertz CT molecular complexity index is 964. The van der Waals surface area contributed by atoms with E-state index >= 15 is 0 Å². The summed E-state index contributed by atoms with van der Waals surface area (Å²) in [6.45, 7) is -0.153. The fourth-order valence-electron chi connectivity index (χ4n) is 2.15. The second kappa shape index (κ2) is 6.61. The highest BCUT2D eigenvalue weighted by Crippen LogP contribution is 2.30. The van der Waals surface area contributed by atoms with Crippen molar-refractivity contribution in [2.75, 3.05) is 0 Å².